The summed E-state index contributed by atoms with van der Waals surface area (Å²) in [6, 6.07) is 4.98. The fraction of sp³-hybridized carbons (Fsp3) is 0.200. The van der Waals surface area contributed by atoms with E-state index in [1.54, 1.807) is 25.1 Å². The van der Waals surface area contributed by atoms with Crippen LogP contribution in [0.1, 0.15) is 17.6 Å². The van der Waals surface area contributed by atoms with Gasteiger partial charge in [0.25, 0.3) is 0 Å². The Balaban J connectivity index is 2.27. The number of aromatic nitrogens is 3. The van der Waals surface area contributed by atoms with E-state index in [0.717, 1.165) is 0 Å². The average molecular weight is 254 g/mol. The van der Waals surface area contributed by atoms with Crippen LogP contribution in [0, 0.1) is 0 Å². The van der Waals surface area contributed by atoms with Gasteiger partial charge in [0.15, 0.2) is 0 Å². The zero-order chi connectivity index (χ0) is 12.3. The average Bonchev–Trinajstić information content (AvgIpc) is 2.78. The lowest BCUT2D eigenvalue weighted by atomic mass is 10.3. The van der Waals surface area contributed by atoms with E-state index in [1.807, 2.05) is 0 Å². The number of ether oxygens (including phenoxy) is 1. The summed E-state index contributed by atoms with van der Waals surface area (Å²) in [5.74, 6) is -0.674. The molecule has 2 rings (SSSR count). The zero-order valence-corrected chi connectivity index (χ0v) is 9.64. The van der Waals surface area contributed by atoms with Crippen molar-refractivity contribution in [3.05, 3.63) is 29.2 Å². The Hall–Kier alpha value is -1.95. The van der Waals surface area contributed by atoms with Crippen LogP contribution in [0.2, 0.25) is 5.15 Å². The molecule has 0 atom stereocenters. The van der Waals surface area contributed by atoms with Crippen LogP contribution in [-0.2, 0) is 4.74 Å². The number of rotatable bonds is 3. The van der Waals surface area contributed by atoms with Gasteiger partial charge in [-0.2, -0.15) is 4.98 Å². The molecular formula is C10H8ClN3O3. The topological polar surface area (TPSA) is 78.1 Å². The summed E-state index contributed by atoms with van der Waals surface area (Å²) in [4.78, 5) is 19.1. The molecule has 0 saturated heterocycles. The van der Waals surface area contributed by atoms with Crippen molar-refractivity contribution in [1.29, 1.82) is 0 Å². The van der Waals surface area contributed by atoms with Gasteiger partial charge in [0.05, 0.1) is 6.61 Å². The molecule has 0 N–H and O–H groups in total. The third-order valence-electron chi connectivity index (χ3n) is 1.82. The Bertz CT molecular complexity index is 541. The van der Waals surface area contributed by atoms with Crippen LogP contribution in [-0.4, -0.2) is 27.7 Å². The highest BCUT2D eigenvalue weighted by molar-refractivity contribution is 6.29. The van der Waals surface area contributed by atoms with E-state index >= 15 is 0 Å². The SMILES string of the molecule is CCOC(=O)c1nc(-c2cccc(Cl)n2)no1. The predicted octanol–water partition coefficient (Wildman–Crippen LogP) is 1.96. The van der Waals surface area contributed by atoms with E-state index in [0.29, 0.717) is 10.8 Å². The molecule has 0 unspecified atom stereocenters. The molecule has 2 heterocycles. The number of carbonyl (C=O) groups is 1. The van der Waals surface area contributed by atoms with Gasteiger partial charge in [0.2, 0.25) is 5.82 Å². The van der Waals surface area contributed by atoms with E-state index in [-0.39, 0.29) is 18.3 Å². The van der Waals surface area contributed by atoms with Crippen molar-refractivity contribution >= 4 is 17.6 Å². The van der Waals surface area contributed by atoms with E-state index in [1.165, 1.54) is 0 Å². The number of hydrogen-bond acceptors (Lipinski definition) is 6. The minimum Gasteiger partial charge on any atom is -0.459 e. The van der Waals surface area contributed by atoms with E-state index in [9.17, 15) is 4.79 Å². The summed E-state index contributed by atoms with van der Waals surface area (Å²) < 4.78 is 9.47. The van der Waals surface area contributed by atoms with Crippen molar-refractivity contribution in [2.75, 3.05) is 6.61 Å². The lowest BCUT2D eigenvalue weighted by Crippen LogP contribution is -2.04. The summed E-state index contributed by atoms with van der Waals surface area (Å²) >= 11 is 5.72. The van der Waals surface area contributed by atoms with Crippen molar-refractivity contribution in [1.82, 2.24) is 15.1 Å². The van der Waals surface area contributed by atoms with Crippen molar-refractivity contribution in [3.63, 3.8) is 0 Å². The molecule has 88 valence electrons. The summed E-state index contributed by atoms with van der Waals surface area (Å²) in [7, 11) is 0. The quantitative estimate of drug-likeness (QED) is 0.615. The molecule has 0 fully saturated rings. The molecule has 0 radical (unpaired) electrons. The highest BCUT2D eigenvalue weighted by Crippen LogP contribution is 2.15. The minimum atomic E-state index is -0.659. The van der Waals surface area contributed by atoms with Crippen molar-refractivity contribution in [2.24, 2.45) is 0 Å². The van der Waals surface area contributed by atoms with Crippen LogP contribution < -0.4 is 0 Å². The molecule has 7 heteroatoms. The fourth-order valence-electron chi connectivity index (χ4n) is 1.14. The first-order valence-electron chi connectivity index (χ1n) is 4.84. The van der Waals surface area contributed by atoms with Crippen molar-refractivity contribution in [3.8, 4) is 11.5 Å². The number of carbonyl (C=O) groups excluding carboxylic acids is 1. The molecule has 0 aliphatic carbocycles. The third kappa shape index (κ3) is 2.59. The molecule has 0 aliphatic rings. The largest absolute Gasteiger partial charge is 0.459 e. The molecule has 17 heavy (non-hydrogen) atoms. The summed E-state index contributed by atoms with van der Waals surface area (Å²) in [6.07, 6.45) is 0. The summed E-state index contributed by atoms with van der Waals surface area (Å²) in [6.45, 7) is 1.93. The Kier molecular flexibility index (Phi) is 3.34. The molecule has 0 bridgehead atoms. The van der Waals surface area contributed by atoms with Gasteiger partial charge in [-0.15, -0.1) is 0 Å². The molecule has 2 aromatic heterocycles. The van der Waals surface area contributed by atoms with Gasteiger partial charge in [-0.1, -0.05) is 22.8 Å². The molecule has 6 nitrogen and oxygen atoms in total. The van der Waals surface area contributed by atoms with Crippen LogP contribution in [0.4, 0.5) is 0 Å². The number of pyridine rings is 1. The predicted molar refractivity (Wildman–Crippen MR) is 58.5 cm³/mol. The van der Waals surface area contributed by atoms with Crippen LogP contribution in [0.3, 0.4) is 0 Å². The lowest BCUT2D eigenvalue weighted by molar-refractivity contribution is 0.0470. The molecule has 0 spiro atoms. The fourth-order valence-corrected chi connectivity index (χ4v) is 1.30. The molecule has 2 aromatic rings. The first-order chi connectivity index (χ1) is 8.20. The number of halogens is 1. The third-order valence-corrected chi connectivity index (χ3v) is 2.03. The molecule has 0 aromatic carbocycles. The Labute approximate surface area is 102 Å². The maximum Gasteiger partial charge on any atom is 0.397 e. The maximum absolute atomic E-state index is 11.3. The second-order valence-electron chi connectivity index (χ2n) is 2.99. The van der Waals surface area contributed by atoms with Crippen molar-refractivity contribution in [2.45, 2.75) is 6.92 Å². The Morgan fingerprint density at radius 1 is 1.47 bits per heavy atom. The molecular weight excluding hydrogens is 246 g/mol. The number of hydrogen-bond donors (Lipinski definition) is 0. The number of nitrogens with zero attached hydrogens (tertiary/aromatic N) is 3. The van der Waals surface area contributed by atoms with Gasteiger partial charge in [-0.05, 0) is 19.1 Å². The van der Waals surface area contributed by atoms with E-state index in [2.05, 4.69) is 15.1 Å². The minimum absolute atomic E-state index is 0.190. The van der Waals surface area contributed by atoms with Crippen LogP contribution >= 0.6 is 11.6 Å². The standard InChI is InChI=1S/C10H8ClN3O3/c1-2-16-10(15)9-13-8(14-17-9)6-4-3-5-7(11)12-6/h3-5H,2H2,1H3. The lowest BCUT2D eigenvalue weighted by Gasteiger charge is -1.94. The summed E-state index contributed by atoms with van der Waals surface area (Å²) in [5, 5.41) is 3.93. The van der Waals surface area contributed by atoms with Gasteiger partial charge in [-0.3, -0.25) is 0 Å². The molecule has 0 saturated carbocycles. The highest BCUT2D eigenvalue weighted by atomic mass is 35.5. The molecule has 0 aliphatic heterocycles. The highest BCUT2D eigenvalue weighted by Gasteiger charge is 2.17. The molecule has 0 amide bonds. The first kappa shape index (κ1) is 11.5. The van der Waals surface area contributed by atoms with Crippen LogP contribution in [0.15, 0.2) is 22.7 Å². The normalized spacial score (nSPS) is 10.2. The van der Waals surface area contributed by atoms with Gasteiger partial charge in [-0.25, -0.2) is 9.78 Å². The second kappa shape index (κ2) is 4.92. The smallest absolute Gasteiger partial charge is 0.397 e. The Morgan fingerprint density at radius 2 is 2.29 bits per heavy atom. The second-order valence-corrected chi connectivity index (χ2v) is 3.38. The van der Waals surface area contributed by atoms with Crippen molar-refractivity contribution < 1.29 is 14.1 Å². The first-order valence-corrected chi connectivity index (χ1v) is 5.22. The number of esters is 1. The van der Waals surface area contributed by atoms with Gasteiger partial charge < -0.3 is 9.26 Å². The van der Waals surface area contributed by atoms with Crippen LogP contribution in [0.25, 0.3) is 11.5 Å². The maximum atomic E-state index is 11.3. The Morgan fingerprint density at radius 3 is 3.00 bits per heavy atom. The summed E-state index contributed by atoms with van der Waals surface area (Å²) in [5.41, 5.74) is 0.428. The monoisotopic (exact) mass is 253 g/mol. The van der Waals surface area contributed by atoms with E-state index < -0.39 is 5.97 Å². The zero-order valence-electron chi connectivity index (χ0n) is 8.88. The van der Waals surface area contributed by atoms with Crippen LogP contribution in [0.5, 0.6) is 0 Å². The van der Waals surface area contributed by atoms with Gasteiger partial charge in [0, 0.05) is 0 Å². The van der Waals surface area contributed by atoms with Gasteiger partial charge >= 0.3 is 11.9 Å². The van der Waals surface area contributed by atoms with E-state index in [4.69, 9.17) is 20.9 Å². The van der Waals surface area contributed by atoms with Gasteiger partial charge in [0.1, 0.15) is 10.8 Å².